The number of likely N-dealkylation sites (tertiary alicyclic amines) is 1. The van der Waals surface area contributed by atoms with Gasteiger partial charge in [-0.15, -0.1) is 0 Å². The van der Waals surface area contributed by atoms with Gasteiger partial charge >= 0.3 is 5.97 Å². The maximum atomic E-state index is 13.3. The van der Waals surface area contributed by atoms with Crippen molar-refractivity contribution >= 4 is 22.8 Å². The van der Waals surface area contributed by atoms with Gasteiger partial charge in [0.1, 0.15) is 5.60 Å². The number of nitrogens with one attached hydrogen (secondary N) is 2. The zero-order valence-corrected chi connectivity index (χ0v) is 20.6. The number of H-pyrrole nitrogens is 1. The molecular weight excluding hydrogens is 426 g/mol. The fourth-order valence-electron chi connectivity index (χ4n) is 4.90. The molecule has 1 aliphatic heterocycles. The molecule has 180 valence electrons. The fraction of sp³-hybridized carbons (Fsp3) is 0.429. The first-order valence-corrected chi connectivity index (χ1v) is 12.1. The van der Waals surface area contributed by atoms with Crippen LogP contribution in [-0.4, -0.2) is 47.4 Å². The first kappa shape index (κ1) is 24.0. The number of piperidine rings is 1. The highest BCUT2D eigenvalue weighted by molar-refractivity contribution is 6.08. The first-order chi connectivity index (χ1) is 16.2. The van der Waals surface area contributed by atoms with Crippen molar-refractivity contribution in [3.8, 4) is 0 Å². The molecule has 1 aromatic heterocycles. The van der Waals surface area contributed by atoms with Crippen molar-refractivity contribution in [1.29, 1.82) is 0 Å². The van der Waals surface area contributed by atoms with E-state index in [0.29, 0.717) is 5.56 Å². The largest absolute Gasteiger partial charge is 0.455 e. The lowest BCUT2D eigenvalue weighted by molar-refractivity contribution is -0.154. The summed E-state index contributed by atoms with van der Waals surface area (Å²) in [4.78, 5) is 30.7. The summed E-state index contributed by atoms with van der Waals surface area (Å²) in [6, 6.07) is 16.6. The normalized spacial score (nSPS) is 15.4. The van der Waals surface area contributed by atoms with Crippen molar-refractivity contribution in [1.82, 2.24) is 15.2 Å². The van der Waals surface area contributed by atoms with Crippen LogP contribution < -0.4 is 5.32 Å². The molecule has 2 heterocycles. The second-order valence-corrected chi connectivity index (χ2v) is 9.81. The van der Waals surface area contributed by atoms with Gasteiger partial charge in [-0.25, -0.2) is 0 Å². The van der Waals surface area contributed by atoms with Crippen LogP contribution in [0.25, 0.3) is 10.9 Å². The van der Waals surface area contributed by atoms with E-state index in [2.05, 4.69) is 45.5 Å². The quantitative estimate of drug-likeness (QED) is 0.500. The molecule has 1 amide bonds. The van der Waals surface area contributed by atoms with Gasteiger partial charge < -0.3 is 19.9 Å². The number of ether oxygens (including phenoxy) is 1. The second-order valence-electron chi connectivity index (χ2n) is 9.81. The Balaban J connectivity index is 1.40. The van der Waals surface area contributed by atoms with Crippen LogP contribution in [0.5, 0.6) is 0 Å². The molecule has 0 bridgehead atoms. The van der Waals surface area contributed by atoms with E-state index >= 15 is 0 Å². The zero-order chi connectivity index (χ0) is 24.3. The van der Waals surface area contributed by atoms with Gasteiger partial charge in [0.15, 0.2) is 0 Å². The van der Waals surface area contributed by atoms with E-state index in [1.165, 1.54) is 12.5 Å². The van der Waals surface area contributed by atoms with Crippen molar-refractivity contribution in [2.75, 3.05) is 19.6 Å². The number of amides is 1. The second kappa shape index (κ2) is 10.0. The summed E-state index contributed by atoms with van der Waals surface area (Å²) in [5, 5.41) is 4.12. The van der Waals surface area contributed by atoms with Crippen molar-refractivity contribution < 1.29 is 14.3 Å². The van der Waals surface area contributed by atoms with Gasteiger partial charge in [0, 0.05) is 49.2 Å². The molecule has 1 saturated heterocycles. The molecule has 0 unspecified atom stereocenters. The highest BCUT2D eigenvalue weighted by Crippen LogP contribution is 2.31. The molecule has 2 N–H and O–H groups in total. The summed E-state index contributed by atoms with van der Waals surface area (Å²) in [5.74, 6) is -0.377. The topological polar surface area (TPSA) is 74.4 Å². The Morgan fingerprint density at radius 3 is 2.50 bits per heavy atom. The van der Waals surface area contributed by atoms with Gasteiger partial charge in [0.05, 0.1) is 5.56 Å². The van der Waals surface area contributed by atoms with Gasteiger partial charge in [-0.05, 0) is 63.3 Å². The summed E-state index contributed by atoms with van der Waals surface area (Å²) in [7, 11) is 0. The minimum absolute atomic E-state index is 0.0473. The van der Waals surface area contributed by atoms with Gasteiger partial charge in [0.2, 0.25) is 0 Å². The standard InChI is InChI=1S/C28H35N3O3/c1-19-26(24-18-22(10-11-25(24)29-19)28(3,4)34-20(2)32)27(33)30-23-13-16-31(17-14-23)15-12-21-8-6-5-7-9-21/h5-11,18,23,29H,12-17H2,1-4H3,(H,30,33). The van der Waals surface area contributed by atoms with Crippen LogP contribution in [0.15, 0.2) is 48.5 Å². The Hall–Kier alpha value is -3.12. The zero-order valence-electron chi connectivity index (χ0n) is 20.6. The number of benzene rings is 2. The third kappa shape index (κ3) is 5.50. The number of aromatic amines is 1. The van der Waals surface area contributed by atoms with E-state index in [4.69, 9.17) is 4.74 Å². The Labute approximate surface area is 201 Å². The number of rotatable bonds is 7. The minimum Gasteiger partial charge on any atom is -0.455 e. The van der Waals surface area contributed by atoms with E-state index in [9.17, 15) is 9.59 Å². The Kier molecular flexibility index (Phi) is 7.08. The molecule has 2 aromatic carbocycles. The van der Waals surface area contributed by atoms with Crippen molar-refractivity contribution in [2.45, 2.75) is 58.6 Å². The molecule has 4 rings (SSSR count). The lowest BCUT2D eigenvalue weighted by Crippen LogP contribution is -2.45. The Bertz CT molecular complexity index is 1160. The van der Waals surface area contributed by atoms with Crippen LogP contribution in [0.2, 0.25) is 0 Å². The average molecular weight is 462 g/mol. The summed E-state index contributed by atoms with van der Waals surface area (Å²) >= 11 is 0. The number of carbonyl (C=O) groups is 2. The van der Waals surface area contributed by atoms with Crippen LogP contribution >= 0.6 is 0 Å². The van der Waals surface area contributed by atoms with Crippen LogP contribution in [0, 0.1) is 6.92 Å². The lowest BCUT2D eigenvalue weighted by Gasteiger charge is -2.32. The summed E-state index contributed by atoms with van der Waals surface area (Å²) < 4.78 is 5.51. The Morgan fingerprint density at radius 1 is 1.12 bits per heavy atom. The molecule has 1 fully saturated rings. The van der Waals surface area contributed by atoms with Crippen LogP contribution in [0.4, 0.5) is 0 Å². The highest BCUT2D eigenvalue weighted by atomic mass is 16.6. The summed E-state index contributed by atoms with van der Waals surface area (Å²) in [6.45, 7) is 10.1. The van der Waals surface area contributed by atoms with Crippen LogP contribution in [0.1, 0.15) is 60.8 Å². The van der Waals surface area contributed by atoms with E-state index in [-0.39, 0.29) is 17.9 Å². The monoisotopic (exact) mass is 461 g/mol. The number of esters is 1. The number of hydrogen-bond acceptors (Lipinski definition) is 4. The Morgan fingerprint density at radius 2 is 1.82 bits per heavy atom. The number of fused-ring (bicyclic) bond motifs is 1. The molecule has 0 aliphatic carbocycles. The van der Waals surface area contributed by atoms with Crippen molar-refractivity contribution in [3.05, 3.63) is 70.9 Å². The maximum Gasteiger partial charge on any atom is 0.303 e. The predicted molar refractivity (Wildman–Crippen MR) is 135 cm³/mol. The third-order valence-electron chi connectivity index (χ3n) is 6.79. The minimum atomic E-state index is -0.772. The predicted octanol–water partition coefficient (Wildman–Crippen LogP) is 4.71. The maximum absolute atomic E-state index is 13.3. The molecule has 6 heteroatoms. The molecule has 6 nitrogen and oxygen atoms in total. The number of nitrogens with zero attached hydrogens (tertiary/aromatic N) is 1. The molecule has 3 aromatic rings. The van der Waals surface area contributed by atoms with E-state index in [1.54, 1.807) is 0 Å². The average Bonchev–Trinajstić information content (AvgIpc) is 3.13. The fourth-order valence-corrected chi connectivity index (χ4v) is 4.90. The summed E-state index contributed by atoms with van der Waals surface area (Å²) in [6.07, 6.45) is 2.96. The number of aromatic nitrogens is 1. The van der Waals surface area contributed by atoms with Gasteiger partial charge in [-0.3, -0.25) is 9.59 Å². The van der Waals surface area contributed by atoms with Crippen LogP contribution in [-0.2, 0) is 21.6 Å². The molecular formula is C28H35N3O3. The SMILES string of the molecule is CC(=O)OC(C)(C)c1ccc2[nH]c(C)c(C(=O)NC3CCN(CCc4ccccc4)CC3)c2c1. The molecule has 0 saturated carbocycles. The van der Waals surface area contributed by atoms with Gasteiger partial charge in [-0.1, -0.05) is 36.4 Å². The summed E-state index contributed by atoms with van der Waals surface area (Å²) in [5.41, 5.74) is 3.86. The smallest absolute Gasteiger partial charge is 0.303 e. The van der Waals surface area contributed by atoms with Crippen molar-refractivity contribution in [2.24, 2.45) is 0 Å². The lowest BCUT2D eigenvalue weighted by atomic mass is 9.95. The molecule has 0 atom stereocenters. The molecule has 0 radical (unpaired) electrons. The number of carbonyl (C=O) groups excluding carboxylic acids is 2. The molecule has 34 heavy (non-hydrogen) atoms. The molecule has 1 aliphatic rings. The van der Waals surface area contributed by atoms with Gasteiger partial charge in [-0.2, -0.15) is 0 Å². The number of aryl methyl sites for hydroxylation is 1. The number of hydrogen-bond donors (Lipinski definition) is 2. The first-order valence-electron chi connectivity index (χ1n) is 12.1. The molecule has 0 spiro atoms. The highest BCUT2D eigenvalue weighted by Gasteiger charge is 2.27. The van der Waals surface area contributed by atoms with Gasteiger partial charge in [0.25, 0.3) is 5.91 Å². The van der Waals surface area contributed by atoms with E-state index < -0.39 is 5.60 Å². The van der Waals surface area contributed by atoms with E-state index in [1.807, 2.05) is 39.0 Å². The third-order valence-corrected chi connectivity index (χ3v) is 6.79. The van der Waals surface area contributed by atoms with E-state index in [0.717, 1.165) is 61.1 Å². The van der Waals surface area contributed by atoms with Crippen molar-refractivity contribution in [3.63, 3.8) is 0 Å². The van der Waals surface area contributed by atoms with Crippen LogP contribution in [0.3, 0.4) is 0 Å².